The van der Waals surface area contributed by atoms with Crippen LogP contribution in [-0.2, 0) is 4.74 Å². The molecule has 1 aliphatic carbocycles. The molecule has 0 aliphatic heterocycles. The first-order valence-electron chi connectivity index (χ1n) is 5.64. The maximum atomic E-state index is 12.2. The van der Waals surface area contributed by atoms with E-state index in [1.807, 2.05) is 0 Å². The third-order valence-corrected chi connectivity index (χ3v) is 2.69. The average molecular weight is 279 g/mol. The molecule has 0 spiro atoms. The van der Waals surface area contributed by atoms with Gasteiger partial charge in [-0.05, 0) is 25.3 Å². The molecule has 1 fully saturated rings. The molecule has 0 aromatic rings. The standard InChI is InChI=1S/C10H15F6NO/c1-2-17-7(6-3-4-6)5-18-8(9(11,12)13)10(14,15)16/h6-8,17H,2-5H2,1H3. The van der Waals surface area contributed by atoms with Gasteiger partial charge in [0.1, 0.15) is 0 Å². The summed E-state index contributed by atoms with van der Waals surface area (Å²) < 4.78 is 77.3. The van der Waals surface area contributed by atoms with E-state index in [9.17, 15) is 26.3 Å². The minimum absolute atomic E-state index is 0.118. The molecule has 1 N–H and O–H groups in total. The number of likely N-dealkylation sites (N-methyl/N-ethyl adjacent to an activating group) is 1. The molecule has 1 unspecified atom stereocenters. The lowest BCUT2D eigenvalue weighted by molar-refractivity contribution is -0.322. The number of hydrogen-bond donors (Lipinski definition) is 1. The van der Waals surface area contributed by atoms with Crippen molar-refractivity contribution in [2.75, 3.05) is 13.2 Å². The lowest BCUT2D eigenvalue weighted by Gasteiger charge is -2.26. The molecular formula is C10H15F6NO. The van der Waals surface area contributed by atoms with Crippen molar-refractivity contribution in [2.24, 2.45) is 5.92 Å². The highest BCUT2D eigenvalue weighted by Gasteiger charge is 2.58. The van der Waals surface area contributed by atoms with E-state index in [1.54, 1.807) is 6.92 Å². The van der Waals surface area contributed by atoms with Crippen molar-refractivity contribution in [3.63, 3.8) is 0 Å². The molecule has 0 heterocycles. The molecule has 1 atom stereocenters. The molecule has 8 heteroatoms. The maximum absolute atomic E-state index is 12.2. The maximum Gasteiger partial charge on any atom is 0.423 e. The highest BCUT2D eigenvalue weighted by atomic mass is 19.4. The van der Waals surface area contributed by atoms with Crippen LogP contribution in [0.1, 0.15) is 19.8 Å². The van der Waals surface area contributed by atoms with Crippen molar-refractivity contribution in [2.45, 2.75) is 44.3 Å². The van der Waals surface area contributed by atoms with Gasteiger partial charge < -0.3 is 10.1 Å². The van der Waals surface area contributed by atoms with E-state index < -0.39 is 31.1 Å². The van der Waals surface area contributed by atoms with Gasteiger partial charge in [-0.3, -0.25) is 0 Å². The molecule has 1 rings (SSSR count). The molecule has 0 aromatic carbocycles. The Morgan fingerprint density at radius 2 is 1.61 bits per heavy atom. The topological polar surface area (TPSA) is 21.3 Å². The van der Waals surface area contributed by atoms with Crippen LogP contribution in [0, 0.1) is 5.92 Å². The van der Waals surface area contributed by atoms with E-state index in [2.05, 4.69) is 10.1 Å². The molecule has 1 aliphatic rings. The summed E-state index contributed by atoms with van der Waals surface area (Å²) >= 11 is 0. The van der Waals surface area contributed by atoms with Crippen LogP contribution < -0.4 is 5.32 Å². The second-order valence-corrected chi connectivity index (χ2v) is 4.30. The quantitative estimate of drug-likeness (QED) is 0.755. The van der Waals surface area contributed by atoms with Crippen LogP contribution in [0.15, 0.2) is 0 Å². The normalized spacial score (nSPS) is 19.3. The summed E-state index contributed by atoms with van der Waals surface area (Å²) in [6.45, 7) is 1.63. The Kier molecular flexibility index (Phi) is 4.88. The van der Waals surface area contributed by atoms with Gasteiger partial charge in [-0.25, -0.2) is 0 Å². The van der Waals surface area contributed by atoms with E-state index in [1.165, 1.54) is 0 Å². The van der Waals surface area contributed by atoms with Crippen LogP contribution >= 0.6 is 0 Å². The third-order valence-electron chi connectivity index (χ3n) is 2.69. The Balaban J connectivity index is 2.55. The minimum Gasteiger partial charge on any atom is -0.359 e. The van der Waals surface area contributed by atoms with Crippen LogP contribution in [-0.4, -0.2) is 37.7 Å². The molecule has 108 valence electrons. The summed E-state index contributed by atoms with van der Waals surface area (Å²) in [6.07, 6.45) is -12.9. The summed E-state index contributed by atoms with van der Waals surface area (Å²) in [5.74, 6) is 0.118. The zero-order valence-electron chi connectivity index (χ0n) is 9.74. The van der Waals surface area contributed by atoms with Crippen molar-refractivity contribution >= 4 is 0 Å². The molecule has 0 radical (unpaired) electrons. The Morgan fingerprint density at radius 1 is 1.11 bits per heavy atom. The zero-order chi connectivity index (χ0) is 14.0. The SMILES string of the molecule is CCNC(COC(C(F)(F)F)C(F)(F)F)C1CC1. The van der Waals surface area contributed by atoms with Crippen LogP contribution in [0.25, 0.3) is 0 Å². The second-order valence-electron chi connectivity index (χ2n) is 4.30. The van der Waals surface area contributed by atoms with Crippen molar-refractivity contribution < 1.29 is 31.1 Å². The van der Waals surface area contributed by atoms with Gasteiger partial charge in [0.25, 0.3) is 0 Å². The van der Waals surface area contributed by atoms with E-state index in [0.717, 1.165) is 12.8 Å². The fourth-order valence-electron chi connectivity index (χ4n) is 1.70. The number of halogens is 6. The number of ether oxygens (including phenoxy) is 1. The van der Waals surface area contributed by atoms with Gasteiger partial charge >= 0.3 is 12.4 Å². The smallest absolute Gasteiger partial charge is 0.359 e. The molecule has 0 aromatic heterocycles. The van der Waals surface area contributed by atoms with Crippen molar-refractivity contribution in [1.29, 1.82) is 0 Å². The molecule has 2 nitrogen and oxygen atoms in total. The highest BCUT2D eigenvalue weighted by molar-refractivity contribution is 4.87. The minimum atomic E-state index is -5.43. The zero-order valence-corrected chi connectivity index (χ0v) is 9.74. The fraction of sp³-hybridized carbons (Fsp3) is 1.00. The first-order valence-corrected chi connectivity index (χ1v) is 5.64. The Hall–Kier alpha value is -0.500. The summed E-state index contributed by atoms with van der Waals surface area (Å²) in [5, 5.41) is 2.84. The molecule has 0 amide bonds. The first-order chi connectivity index (χ1) is 8.16. The third kappa shape index (κ3) is 4.64. The number of rotatable bonds is 6. The number of alkyl halides is 6. The lowest BCUT2D eigenvalue weighted by Crippen LogP contribution is -2.47. The predicted molar refractivity (Wildman–Crippen MR) is 52.0 cm³/mol. The van der Waals surface area contributed by atoms with Gasteiger partial charge in [-0.1, -0.05) is 6.92 Å². The molecular weight excluding hydrogens is 264 g/mol. The predicted octanol–water partition coefficient (Wildman–Crippen LogP) is 2.88. The molecule has 0 bridgehead atoms. The van der Waals surface area contributed by atoms with Crippen LogP contribution in [0.2, 0.25) is 0 Å². The largest absolute Gasteiger partial charge is 0.423 e. The lowest BCUT2D eigenvalue weighted by atomic mass is 10.2. The number of hydrogen-bond acceptors (Lipinski definition) is 2. The van der Waals surface area contributed by atoms with E-state index in [4.69, 9.17) is 0 Å². The fourth-order valence-corrected chi connectivity index (χ4v) is 1.70. The van der Waals surface area contributed by atoms with E-state index >= 15 is 0 Å². The monoisotopic (exact) mass is 279 g/mol. The Bertz CT molecular complexity index is 246. The summed E-state index contributed by atoms with van der Waals surface area (Å²) in [5.41, 5.74) is 0. The van der Waals surface area contributed by atoms with Crippen molar-refractivity contribution in [3.8, 4) is 0 Å². The molecule has 1 saturated carbocycles. The van der Waals surface area contributed by atoms with Crippen LogP contribution in [0.4, 0.5) is 26.3 Å². The average Bonchev–Trinajstić information content (AvgIpc) is 2.95. The summed E-state index contributed by atoms with van der Waals surface area (Å²) in [7, 11) is 0. The van der Waals surface area contributed by atoms with Gasteiger partial charge in [0.15, 0.2) is 0 Å². The van der Waals surface area contributed by atoms with Crippen molar-refractivity contribution in [3.05, 3.63) is 0 Å². The molecule has 18 heavy (non-hydrogen) atoms. The Labute approximate surface area is 101 Å². The second kappa shape index (κ2) is 5.64. The van der Waals surface area contributed by atoms with E-state index in [-0.39, 0.29) is 5.92 Å². The van der Waals surface area contributed by atoms with Gasteiger partial charge in [0.05, 0.1) is 6.61 Å². The van der Waals surface area contributed by atoms with Gasteiger partial charge in [0.2, 0.25) is 6.10 Å². The number of nitrogens with one attached hydrogen (secondary N) is 1. The Morgan fingerprint density at radius 3 is 1.94 bits per heavy atom. The highest BCUT2D eigenvalue weighted by Crippen LogP contribution is 2.37. The van der Waals surface area contributed by atoms with E-state index in [0.29, 0.717) is 6.54 Å². The van der Waals surface area contributed by atoms with Crippen molar-refractivity contribution in [1.82, 2.24) is 5.32 Å². The van der Waals surface area contributed by atoms with Gasteiger partial charge in [-0.2, -0.15) is 26.3 Å². The van der Waals surface area contributed by atoms with Gasteiger partial charge in [-0.15, -0.1) is 0 Å². The summed E-state index contributed by atoms with van der Waals surface area (Å²) in [4.78, 5) is 0. The summed E-state index contributed by atoms with van der Waals surface area (Å²) in [6, 6.07) is -0.442. The van der Waals surface area contributed by atoms with Crippen LogP contribution in [0.5, 0.6) is 0 Å². The molecule has 0 saturated heterocycles. The van der Waals surface area contributed by atoms with Gasteiger partial charge in [0, 0.05) is 6.04 Å². The first kappa shape index (κ1) is 15.6. The van der Waals surface area contributed by atoms with Crippen LogP contribution in [0.3, 0.4) is 0 Å².